The van der Waals surface area contributed by atoms with Crippen molar-refractivity contribution in [3.63, 3.8) is 0 Å². The third-order valence-corrected chi connectivity index (χ3v) is 4.39. The molecule has 162 valence electrons. The van der Waals surface area contributed by atoms with Gasteiger partial charge in [0, 0.05) is 5.56 Å². The second-order valence-corrected chi connectivity index (χ2v) is 6.97. The highest BCUT2D eigenvalue weighted by molar-refractivity contribution is 5.97. The van der Waals surface area contributed by atoms with Crippen molar-refractivity contribution in [3.05, 3.63) is 54.1 Å². The average molecular weight is 415 g/mol. The number of hydrogen-bond donors (Lipinski definition) is 2. The van der Waals surface area contributed by atoms with Crippen LogP contribution in [0.25, 0.3) is 0 Å². The summed E-state index contributed by atoms with van der Waals surface area (Å²) < 4.78 is 16.1. The van der Waals surface area contributed by atoms with Crippen LogP contribution in [0.1, 0.15) is 31.1 Å². The van der Waals surface area contributed by atoms with Gasteiger partial charge in [-0.3, -0.25) is 9.59 Å². The second kappa shape index (κ2) is 11.7. The lowest BCUT2D eigenvalue weighted by Crippen LogP contribution is -2.50. The van der Waals surface area contributed by atoms with Gasteiger partial charge >= 0.3 is 0 Å². The molecular weight excluding hydrogens is 384 g/mol. The summed E-state index contributed by atoms with van der Waals surface area (Å²) in [5, 5.41) is 5.62. The molecule has 2 N–H and O–H groups in total. The first-order valence-electron chi connectivity index (χ1n) is 10.0. The third kappa shape index (κ3) is 6.99. The molecule has 0 aliphatic heterocycles. The number of carbonyl (C=O) groups excluding carboxylic acids is 2. The first kappa shape index (κ1) is 23.1. The van der Waals surface area contributed by atoms with E-state index < -0.39 is 6.04 Å². The lowest BCUT2D eigenvalue weighted by Gasteiger charge is -2.22. The standard InChI is InChI=1S/C23H30N2O5/c1-5-29-19-8-6-17(7-9-19)22(26)25-21(16(2)3)23(27)24-14-15-30-20-12-10-18(28-4)11-13-20/h6-13,16,21H,5,14-15H2,1-4H3,(H,24,27)(H,25,26)/t21-/m0/s1. The van der Waals surface area contributed by atoms with Gasteiger partial charge in [-0.25, -0.2) is 0 Å². The number of benzene rings is 2. The molecule has 2 aromatic rings. The maximum absolute atomic E-state index is 12.6. The van der Waals surface area contributed by atoms with Crippen molar-refractivity contribution >= 4 is 11.8 Å². The Balaban J connectivity index is 1.83. The number of carbonyl (C=O) groups is 2. The van der Waals surface area contributed by atoms with Gasteiger partial charge in [0.1, 0.15) is 29.9 Å². The molecule has 7 nitrogen and oxygen atoms in total. The highest BCUT2D eigenvalue weighted by atomic mass is 16.5. The predicted molar refractivity (Wildman–Crippen MR) is 115 cm³/mol. The van der Waals surface area contributed by atoms with Crippen molar-refractivity contribution in [3.8, 4) is 17.2 Å². The lowest BCUT2D eigenvalue weighted by atomic mass is 10.0. The van der Waals surface area contributed by atoms with Crippen LogP contribution in [-0.4, -0.2) is 44.7 Å². The number of ether oxygens (including phenoxy) is 3. The molecule has 30 heavy (non-hydrogen) atoms. The fourth-order valence-corrected chi connectivity index (χ4v) is 2.75. The van der Waals surface area contributed by atoms with Crippen LogP contribution < -0.4 is 24.8 Å². The molecule has 0 unspecified atom stereocenters. The van der Waals surface area contributed by atoms with Crippen LogP contribution in [-0.2, 0) is 4.79 Å². The number of methoxy groups -OCH3 is 1. The lowest BCUT2D eigenvalue weighted by molar-refractivity contribution is -0.124. The van der Waals surface area contributed by atoms with Crippen LogP contribution in [0.2, 0.25) is 0 Å². The van der Waals surface area contributed by atoms with Gasteiger partial charge in [0.25, 0.3) is 5.91 Å². The van der Waals surface area contributed by atoms with Crippen molar-refractivity contribution in [2.24, 2.45) is 5.92 Å². The van der Waals surface area contributed by atoms with Gasteiger partial charge in [0.2, 0.25) is 5.91 Å². The molecule has 0 saturated carbocycles. The van der Waals surface area contributed by atoms with Gasteiger partial charge in [-0.15, -0.1) is 0 Å². The maximum atomic E-state index is 12.6. The van der Waals surface area contributed by atoms with E-state index in [4.69, 9.17) is 14.2 Å². The SMILES string of the molecule is CCOc1ccc(C(=O)N[C@H](C(=O)NCCOc2ccc(OC)cc2)C(C)C)cc1. The molecule has 0 aliphatic carbocycles. The molecule has 0 spiro atoms. The molecule has 2 amide bonds. The highest BCUT2D eigenvalue weighted by Gasteiger charge is 2.24. The van der Waals surface area contributed by atoms with E-state index in [0.29, 0.717) is 36.8 Å². The minimum absolute atomic E-state index is 0.0702. The summed E-state index contributed by atoms with van der Waals surface area (Å²) in [7, 11) is 1.60. The average Bonchev–Trinajstić information content (AvgIpc) is 2.75. The van der Waals surface area contributed by atoms with Crippen LogP contribution in [0.3, 0.4) is 0 Å². The molecule has 0 radical (unpaired) electrons. The molecule has 2 aromatic carbocycles. The summed E-state index contributed by atoms with van der Waals surface area (Å²) in [5.41, 5.74) is 0.472. The Morgan fingerprint density at radius 2 is 1.47 bits per heavy atom. The maximum Gasteiger partial charge on any atom is 0.251 e. The van der Waals surface area contributed by atoms with E-state index >= 15 is 0 Å². The second-order valence-electron chi connectivity index (χ2n) is 6.97. The molecular formula is C23H30N2O5. The van der Waals surface area contributed by atoms with E-state index in [1.165, 1.54) is 0 Å². The van der Waals surface area contributed by atoms with E-state index in [0.717, 1.165) is 5.75 Å². The molecule has 0 fully saturated rings. The Morgan fingerprint density at radius 1 is 0.900 bits per heavy atom. The summed E-state index contributed by atoms with van der Waals surface area (Å²) in [6.07, 6.45) is 0. The zero-order valence-corrected chi connectivity index (χ0v) is 17.9. The Kier molecular flexibility index (Phi) is 9.00. The Bertz CT molecular complexity index is 803. The quantitative estimate of drug-likeness (QED) is 0.552. The predicted octanol–water partition coefficient (Wildman–Crippen LogP) is 3.04. The minimum Gasteiger partial charge on any atom is -0.497 e. The van der Waals surface area contributed by atoms with E-state index in [2.05, 4.69) is 10.6 Å². The van der Waals surface area contributed by atoms with Crippen molar-refractivity contribution in [1.29, 1.82) is 0 Å². The zero-order valence-electron chi connectivity index (χ0n) is 17.9. The number of rotatable bonds is 11. The van der Waals surface area contributed by atoms with Crippen LogP contribution in [0.4, 0.5) is 0 Å². The summed E-state index contributed by atoms with van der Waals surface area (Å²) in [4.78, 5) is 25.1. The molecule has 0 saturated heterocycles. The molecule has 1 atom stereocenters. The summed E-state index contributed by atoms with van der Waals surface area (Å²) in [5.74, 6) is 1.51. The zero-order chi connectivity index (χ0) is 21.9. The highest BCUT2D eigenvalue weighted by Crippen LogP contribution is 2.16. The Morgan fingerprint density at radius 3 is 2.03 bits per heavy atom. The smallest absolute Gasteiger partial charge is 0.251 e. The fraction of sp³-hybridized carbons (Fsp3) is 0.391. The van der Waals surface area contributed by atoms with E-state index in [1.54, 1.807) is 55.6 Å². The van der Waals surface area contributed by atoms with Gasteiger partial charge in [-0.1, -0.05) is 13.8 Å². The molecule has 0 aromatic heterocycles. The van der Waals surface area contributed by atoms with Crippen LogP contribution in [0.5, 0.6) is 17.2 Å². The topological polar surface area (TPSA) is 85.9 Å². The first-order chi connectivity index (χ1) is 14.4. The third-order valence-electron chi connectivity index (χ3n) is 4.39. The number of amides is 2. The summed E-state index contributed by atoms with van der Waals surface area (Å²) in [6, 6.07) is 13.4. The molecule has 0 bridgehead atoms. The van der Waals surface area contributed by atoms with Gasteiger partial charge < -0.3 is 24.8 Å². The van der Waals surface area contributed by atoms with Crippen LogP contribution in [0.15, 0.2) is 48.5 Å². The normalized spacial score (nSPS) is 11.5. The van der Waals surface area contributed by atoms with E-state index in [-0.39, 0.29) is 17.7 Å². The Labute approximate surface area is 177 Å². The van der Waals surface area contributed by atoms with Crippen molar-refractivity contribution in [2.75, 3.05) is 26.9 Å². The van der Waals surface area contributed by atoms with Crippen LogP contribution in [0, 0.1) is 5.92 Å². The van der Waals surface area contributed by atoms with Crippen LogP contribution >= 0.6 is 0 Å². The molecule has 7 heteroatoms. The minimum atomic E-state index is -0.648. The summed E-state index contributed by atoms with van der Waals surface area (Å²) >= 11 is 0. The molecule has 0 heterocycles. The van der Waals surface area contributed by atoms with Gasteiger partial charge in [0.15, 0.2) is 0 Å². The van der Waals surface area contributed by atoms with Gasteiger partial charge in [-0.2, -0.15) is 0 Å². The summed E-state index contributed by atoms with van der Waals surface area (Å²) in [6.45, 7) is 6.87. The van der Waals surface area contributed by atoms with Gasteiger partial charge in [0.05, 0.1) is 20.3 Å². The monoisotopic (exact) mass is 414 g/mol. The first-order valence-corrected chi connectivity index (χ1v) is 10.0. The van der Waals surface area contributed by atoms with Crippen molar-refractivity contribution in [2.45, 2.75) is 26.8 Å². The van der Waals surface area contributed by atoms with Gasteiger partial charge in [-0.05, 0) is 61.4 Å². The van der Waals surface area contributed by atoms with Crippen molar-refractivity contribution in [1.82, 2.24) is 10.6 Å². The van der Waals surface area contributed by atoms with E-state index in [1.807, 2.05) is 20.8 Å². The molecule has 0 aliphatic rings. The van der Waals surface area contributed by atoms with E-state index in [9.17, 15) is 9.59 Å². The number of nitrogens with one attached hydrogen (secondary N) is 2. The van der Waals surface area contributed by atoms with Crippen molar-refractivity contribution < 1.29 is 23.8 Å². The fourth-order valence-electron chi connectivity index (χ4n) is 2.75. The Hall–Kier alpha value is -3.22. The molecule has 2 rings (SSSR count). The largest absolute Gasteiger partial charge is 0.497 e. The number of hydrogen-bond acceptors (Lipinski definition) is 5.